The topological polar surface area (TPSA) is 78.9 Å². The first-order valence-corrected chi connectivity index (χ1v) is 36.8. The van der Waals surface area contributed by atoms with Gasteiger partial charge in [-0.2, -0.15) is 0 Å². The number of ether oxygens (including phenoxy) is 3. The van der Waals surface area contributed by atoms with Gasteiger partial charge in [0.2, 0.25) is 0 Å². The van der Waals surface area contributed by atoms with Crippen molar-refractivity contribution < 1.29 is 28.6 Å². The Balaban J connectivity index is 4.16. The van der Waals surface area contributed by atoms with E-state index in [-0.39, 0.29) is 31.1 Å². The highest BCUT2D eigenvalue weighted by atomic mass is 16.6. The molecule has 0 heterocycles. The third kappa shape index (κ3) is 68.6. The molecular weight excluding hydrogens is 997 g/mol. The zero-order valence-electron chi connectivity index (χ0n) is 55.1. The minimum Gasteiger partial charge on any atom is -0.462 e. The smallest absolute Gasteiger partial charge is 0.306 e. The quantitative estimate of drug-likeness (QED) is 0.0261. The Morgan fingerprint density at radius 2 is 0.407 bits per heavy atom. The molecule has 0 aromatic heterocycles. The van der Waals surface area contributed by atoms with E-state index in [0.717, 1.165) is 64.2 Å². The highest BCUT2D eigenvalue weighted by Gasteiger charge is 2.20. The lowest BCUT2D eigenvalue weighted by Gasteiger charge is -2.18. The molecule has 1 atom stereocenters. The lowest BCUT2D eigenvalue weighted by Crippen LogP contribution is -2.30. The second-order valence-electron chi connectivity index (χ2n) is 25.2. The number of carbonyl (C=O) groups is 3. The Hall–Kier alpha value is -2.11. The standard InChI is InChI=1S/C75H142O6/c1-4-7-10-13-16-19-22-25-27-29-31-33-35-37-38-39-41-42-44-46-48-50-53-56-59-62-65-68-74(77)80-71-72(70-79-73(76)67-64-61-58-55-52-24-21-18-15-12-9-6-3)81-75(78)69-66-63-60-57-54-51-49-47-45-43-40-36-34-32-30-28-26-23-20-17-14-11-8-5-2/h18,21,29,31,72H,4-17,19-20,22-28,30,32-71H2,1-3H3/b21-18-,31-29-. The fourth-order valence-electron chi connectivity index (χ4n) is 11.4. The molecule has 0 amide bonds. The lowest BCUT2D eigenvalue weighted by atomic mass is 10.0. The summed E-state index contributed by atoms with van der Waals surface area (Å²) >= 11 is 0. The van der Waals surface area contributed by atoms with E-state index in [4.69, 9.17) is 14.2 Å². The molecule has 0 fully saturated rings. The van der Waals surface area contributed by atoms with Gasteiger partial charge in [0.1, 0.15) is 13.2 Å². The van der Waals surface area contributed by atoms with E-state index in [2.05, 4.69) is 45.1 Å². The fourth-order valence-corrected chi connectivity index (χ4v) is 11.4. The first kappa shape index (κ1) is 78.9. The average molecular weight is 1140 g/mol. The first-order valence-electron chi connectivity index (χ1n) is 36.8. The van der Waals surface area contributed by atoms with Crippen LogP contribution in [0, 0.1) is 0 Å². The van der Waals surface area contributed by atoms with E-state index < -0.39 is 6.10 Å². The predicted octanol–water partition coefficient (Wildman–Crippen LogP) is 25.3. The lowest BCUT2D eigenvalue weighted by molar-refractivity contribution is -0.167. The van der Waals surface area contributed by atoms with E-state index in [9.17, 15) is 14.4 Å². The van der Waals surface area contributed by atoms with Crippen molar-refractivity contribution in [1.29, 1.82) is 0 Å². The predicted molar refractivity (Wildman–Crippen MR) is 353 cm³/mol. The SMILES string of the molecule is CCCCC/C=C\CCCCCCCC(=O)OCC(COC(=O)CCCCCCCCCCCCCCCCC/C=C\CCCCCCCCCC)OC(=O)CCCCCCCCCCCCCCCCCCCCCCCCCC. The summed E-state index contributed by atoms with van der Waals surface area (Å²) in [5.74, 6) is -0.844. The van der Waals surface area contributed by atoms with Crippen LogP contribution in [0.5, 0.6) is 0 Å². The van der Waals surface area contributed by atoms with Crippen LogP contribution in [-0.4, -0.2) is 37.2 Å². The molecule has 0 aliphatic heterocycles. The summed E-state index contributed by atoms with van der Waals surface area (Å²) in [5.41, 5.74) is 0. The summed E-state index contributed by atoms with van der Waals surface area (Å²) in [6, 6.07) is 0. The van der Waals surface area contributed by atoms with Crippen LogP contribution in [0.15, 0.2) is 24.3 Å². The monoisotopic (exact) mass is 1140 g/mol. The van der Waals surface area contributed by atoms with Gasteiger partial charge in [-0.15, -0.1) is 0 Å². The summed E-state index contributed by atoms with van der Waals surface area (Å²) in [5, 5.41) is 0. The number of carbonyl (C=O) groups excluding carboxylic acids is 3. The van der Waals surface area contributed by atoms with Crippen LogP contribution < -0.4 is 0 Å². The van der Waals surface area contributed by atoms with E-state index in [1.807, 2.05) is 0 Å². The van der Waals surface area contributed by atoms with Gasteiger partial charge < -0.3 is 14.2 Å². The van der Waals surface area contributed by atoms with E-state index in [0.29, 0.717) is 19.3 Å². The van der Waals surface area contributed by atoms with Gasteiger partial charge in [-0.25, -0.2) is 0 Å². The fraction of sp³-hybridized carbons (Fsp3) is 0.907. The van der Waals surface area contributed by atoms with Crippen molar-refractivity contribution in [2.75, 3.05) is 13.2 Å². The van der Waals surface area contributed by atoms with Crippen molar-refractivity contribution in [3.63, 3.8) is 0 Å². The summed E-state index contributed by atoms with van der Waals surface area (Å²) in [7, 11) is 0. The van der Waals surface area contributed by atoms with Crippen LogP contribution in [0.2, 0.25) is 0 Å². The van der Waals surface area contributed by atoms with Gasteiger partial charge in [0, 0.05) is 19.3 Å². The Morgan fingerprint density at radius 3 is 0.642 bits per heavy atom. The van der Waals surface area contributed by atoms with E-state index in [1.165, 1.54) is 315 Å². The molecule has 81 heavy (non-hydrogen) atoms. The molecule has 0 aliphatic rings. The van der Waals surface area contributed by atoms with Crippen LogP contribution in [0.4, 0.5) is 0 Å². The molecule has 0 aromatic rings. The summed E-state index contributed by atoms with van der Waals surface area (Å²) in [6.45, 7) is 6.69. The Kier molecular flexibility index (Phi) is 68.5. The maximum absolute atomic E-state index is 13.0. The Labute approximate surface area is 506 Å². The van der Waals surface area contributed by atoms with Crippen molar-refractivity contribution in [3.05, 3.63) is 24.3 Å². The molecular formula is C75H142O6. The maximum Gasteiger partial charge on any atom is 0.306 e. The van der Waals surface area contributed by atoms with Crippen molar-refractivity contribution in [3.8, 4) is 0 Å². The number of rotatable bonds is 69. The molecule has 0 bridgehead atoms. The number of allylic oxidation sites excluding steroid dienone is 4. The molecule has 0 spiro atoms. The van der Waals surface area contributed by atoms with Crippen LogP contribution in [0.3, 0.4) is 0 Å². The van der Waals surface area contributed by atoms with Crippen LogP contribution >= 0.6 is 0 Å². The van der Waals surface area contributed by atoms with Gasteiger partial charge in [-0.05, 0) is 70.6 Å². The zero-order chi connectivity index (χ0) is 58.5. The number of hydrogen-bond acceptors (Lipinski definition) is 6. The van der Waals surface area contributed by atoms with Gasteiger partial charge in [0.15, 0.2) is 6.10 Å². The van der Waals surface area contributed by atoms with Gasteiger partial charge >= 0.3 is 17.9 Å². The minimum atomic E-state index is -0.772. The molecule has 0 N–H and O–H groups in total. The van der Waals surface area contributed by atoms with E-state index >= 15 is 0 Å². The second kappa shape index (κ2) is 70.4. The van der Waals surface area contributed by atoms with Gasteiger partial charge in [-0.3, -0.25) is 14.4 Å². The minimum absolute atomic E-state index is 0.0678. The van der Waals surface area contributed by atoms with Gasteiger partial charge in [-0.1, -0.05) is 353 Å². The molecule has 0 aromatic carbocycles. The van der Waals surface area contributed by atoms with Crippen LogP contribution in [-0.2, 0) is 28.6 Å². The highest BCUT2D eigenvalue weighted by molar-refractivity contribution is 5.71. The van der Waals surface area contributed by atoms with Crippen molar-refractivity contribution >= 4 is 17.9 Å². The average Bonchev–Trinajstić information content (AvgIpc) is 3.47. The molecule has 1 unspecified atom stereocenters. The number of esters is 3. The van der Waals surface area contributed by atoms with Gasteiger partial charge in [0.05, 0.1) is 0 Å². The second-order valence-corrected chi connectivity index (χ2v) is 25.2. The molecule has 6 heteroatoms. The maximum atomic E-state index is 13.0. The summed E-state index contributed by atoms with van der Waals surface area (Å²) in [6.07, 6.45) is 86.6. The number of hydrogen-bond donors (Lipinski definition) is 0. The Morgan fingerprint density at radius 1 is 0.235 bits per heavy atom. The van der Waals surface area contributed by atoms with Gasteiger partial charge in [0.25, 0.3) is 0 Å². The third-order valence-electron chi connectivity index (χ3n) is 16.9. The molecule has 6 nitrogen and oxygen atoms in total. The Bertz CT molecular complexity index is 1310. The normalized spacial score (nSPS) is 12.1. The zero-order valence-corrected chi connectivity index (χ0v) is 55.1. The van der Waals surface area contributed by atoms with Crippen molar-refractivity contribution in [2.45, 2.75) is 425 Å². The van der Waals surface area contributed by atoms with Crippen LogP contribution in [0.25, 0.3) is 0 Å². The summed E-state index contributed by atoms with van der Waals surface area (Å²) in [4.78, 5) is 38.4. The van der Waals surface area contributed by atoms with Crippen molar-refractivity contribution in [1.82, 2.24) is 0 Å². The van der Waals surface area contributed by atoms with Crippen LogP contribution in [0.1, 0.15) is 419 Å². The number of unbranched alkanes of at least 4 members (excludes halogenated alkanes) is 54. The highest BCUT2D eigenvalue weighted by Crippen LogP contribution is 2.19. The van der Waals surface area contributed by atoms with E-state index in [1.54, 1.807) is 0 Å². The summed E-state index contributed by atoms with van der Waals surface area (Å²) < 4.78 is 17.0. The molecule has 478 valence electrons. The van der Waals surface area contributed by atoms with Crippen molar-refractivity contribution in [2.24, 2.45) is 0 Å². The molecule has 0 radical (unpaired) electrons. The molecule has 0 saturated heterocycles. The largest absolute Gasteiger partial charge is 0.462 e. The molecule has 0 aliphatic carbocycles. The third-order valence-corrected chi connectivity index (χ3v) is 16.9. The first-order chi connectivity index (χ1) is 40.0. The molecule has 0 rings (SSSR count). The molecule has 0 saturated carbocycles.